The summed E-state index contributed by atoms with van der Waals surface area (Å²) < 4.78 is 5.51. The second-order valence-electron chi connectivity index (χ2n) is 5.54. The fourth-order valence-electron chi connectivity index (χ4n) is 2.36. The number of carbonyl (C=O) groups excluding carboxylic acids is 1. The number of nitrogens with one attached hydrogen (secondary N) is 2. The second kappa shape index (κ2) is 7.22. The maximum absolute atomic E-state index is 12.0. The van der Waals surface area contributed by atoms with Gasteiger partial charge in [0.15, 0.2) is 0 Å². The van der Waals surface area contributed by atoms with E-state index in [1.54, 1.807) is 0 Å². The van der Waals surface area contributed by atoms with Crippen molar-refractivity contribution in [2.75, 3.05) is 17.2 Å². The minimum Gasteiger partial charge on any atom is -0.394 e. The van der Waals surface area contributed by atoms with Crippen LogP contribution in [0.25, 0.3) is 0 Å². The molecule has 1 fully saturated rings. The van der Waals surface area contributed by atoms with Gasteiger partial charge in [0.1, 0.15) is 17.2 Å². The highest BCUT2D eigenvalue weighted by atomic mass is 32.1. The Kier molecular flexibility index (Phi) is 5.05. The Hall–Kier alpha value is -2.07. The third-order valence-electron chi connectivity index (χ3n) is 3.65. The monoisotopic (exact) mass is 350 g/mol. The van der Waals surface area contributed by atoms with Gasteiger partial charge in [0.25, 0.3) is 0 Å². The molecule has 128 valence electrons. The van der Waals surface area contributed by atoms with E-state index in [4.69, 9.17) is 9.84 Å². The average Bonchev–Trinajstić information content (AvgIpc) is 3.16. The number of anilines is 2. The molecular weight excluding hydrogens is 332 g/mol. The van der Waals surface area contributed by atoms with E-state index in [9.17, 15) is 9.90 Å². The number of amides is 2. The van der Waals surface area contributed by atoms with Gasteiger partial charge >= 0.3 is 6.03 Å². The smallest absolute Gasteiger partial charge is 0.325 e. The Balaban J connectivity index is 1.58. The summed E-state index contributed by atoms with van der Waals surface area (Å²) >= 11 is 1.17. The lowest BCUT2D eigenvalue weighted by atomic mass is 10.1. The lowest BCUT2D eigenvalue weighted by Crippen LogP contribution is -2.24. The molecule has 4 N–H and O–H groups in total. The quantitative estimate of drug-likeness (QED) is 0.666. The first kappa shape index (κ1) is 16.8. The van der Waals surface area contributed by atoms with E-state index in [0.717, 1.165) is 5.56 Å². The van der Waals surface area contributed by atoms with E-state index in [-0.39, 0.29) is 6.61 Å². The number of rotatable bonds is 4. The summed E-state index contributed by atoms with van der Waals surface area (Å²) in [5, 5.41) is 32.9. The SMILES string of the molecule is Cc1ccc(NC(=O)Nc2nnc([C@@H]3C[C@H](O)[C@@H](CO)O3)s2)cc1. The predicted octanol–water partition coefficient (Wildman–Crippen LogP) is 1.67. The van der Waals surface area contributed by atoms with Crippen molar-refractivity contribution in [1.82, 2.24) is 10.2 Å². The molecule has 0 aliphatic carbocycles. The van der Waals surface area contributed by atoms with Gasteiger partial charge in [0.2, 0.25) is 5.13 Å². The number of aromatic nitrogens is 2. The molecule has 2 aromatic rings. The van der Waals surface area contributed by atoms with Crippen molar-refractivity contribution in [2.24, 2.45) is 0 Å². The maximum atomic E-state index is 12.0. The van der Waals surface area contributed by atoms with Crippen LogP contribution in [0, 0.1) is 6.92 Å². The molecule has 0 unspecified atom stereocenters. The van der Waals surface area contributed by atoms with Gasteiger partial charge in [-0.2, -0.15) is 0 Å². The molecule has 9 heteroatoms. The van der Waals surface area contributed by atoms with Crippen molar-refractivity contribution in [3.8, 4) is 0 Å². The van der Waals surface area contributed by atoms with Crippen LogP contribution in [-0.4, -0.2) is 45.3 Å². The van der Waals surface area contributed by atoms with Crippen molar-refractivity contribution >= 4 is 28.2 Å². The van der Waals surface area contributed by atoms with E-state index in [2.05, 4.69) is 20.8 Å². The summed E-state index contributed by atoms with van der Waals surface area (Å²) in [6.45, 7) is 1.72. The molecule has 1 aliphatic rings. The number of aliphatic hydroxyl groups excluding tert-OH is 2. The van der Waals surface area contributed by atoms with Gasteiger partial charge in [0, 0.05) is 12.1 Å². The molecule has 0 bridgehead atoms. The van der Waals surface area contributed by atoms with Gasteiger partial charge in [-0.25, -0.2) is 4.79 Å². The van der Waals surface area contributed by atoms with Crippen LogP contribution in [0.4, 0.5) is 15.6 Å². The number of aliphatic hydroxyl groups is 2. The highest BCUT2D eigenvalue weighted by Crippen LogP contribution is 2.35. The molecule has 0 spiro atoms. The molecule has 24 heavy (non-hydrogen) atoms. The van der Waals surface area contributed by atoms with Crippen LogP contribution in [0.2, 0.25) is 0 Å². The number of carbonyl (C=O) groups is 1. The summed E-state index contributed by atoms with van der Waals surface area (Å²) in [6.07, 6.45) is -1.43. The number of nitrogens with zero attached hydrogens (tertiary/aromatic N) is 2. The van der Waals surface area contributed by atoms with Crippen LogP contribution in [0.1, 0.15) is 23.1 Å². The van der Waals surface area contributed by atoms with Crippen LogP contribution < -0.4 is 10.6 Å². The number of aryl methyl sites for hydroxylation is 1. The maximum Gasteiger partial charge on any atom is 0.325 e. The first-order chi connectivity index (χ1) is 11.5. The number of hydrogen-bond donors (Lipinski definition) is 4. The lowest BCUT2D eigenvalue weighted by molar-refractivity contribution is -0.0227. The van der Waals surface area contributed by atoms with Gasteiger partial charge in [0.05, 0.1) is 12.7 Å². The molecule has 3 rings (SSSR count). The van der Waals surface area contributed by atoms with Gasteiger partial charge in [-0.15, -0.1) is 10.2 Å². The van der Waals surface area contributed by atoms with Gasteiger partial charge in [-0.3, -0.25) is 5.32 Å². The summed E-state index contributed by atoms with van der Waals surface area (Å²) in [6, 6.07) is 7.01. The third kappa shape index (κ3) is 3.88. The first-order valence-electron chi connectivity index (χ1n) is 7.47. The summed E-state index contributed by atoms with van der Waals surface area (Å²) in [5.74, 6) is 0. The highest BCUT2D eigenvalue weighted by Gasteiger charge is 2.36. The molecule has 0 saturated carbocycles. The van der Waals surface area contributed by atoms with Crippen molar-refractivity contribution in [2.45, 2.75) is 31.7 Å². The summed E-state index contributed by atoms with van der Waals surface area (Å²) in [5.41, 5.74) is 1.78. The molecule has 1 saturated heterocycles. The van der Waals surface area contributed by atoms with Crippen LogP contribution in [0.5, 0.6) is 0 Å². The Morgan fingerprint density at radius 1 is 1.33 bits per heavy atom. The number of benzene rings is 1. The molecule has 2 amide bonds. The Bertz CT molecular complexity index is 706. The summed E-state index contributed by atoms with van der Waals surface area (Å²) in [7, 11) is 0. The zero-order chi connectivity index (χ0) is 17.1. The minimum absolute atomic E-state index is 0.249. The molecule has 1 aromatic heterocycles. The zero-order valence-corrected chi connectivity index (χ0v) is 13.8. The second-order valence-corrected chi connectivity index (χ2v) is 6.55. The largest absolute Gasteiger partial charge is 0.394 e. The lowest BCUT2D eigenvalue weighted by Gasteiger charge is -2.09. The van der Waals surface area contributed by atoms with E-state index < -0.39 is 24.3 Å². The van der Waals surface area contributed by atoms with Crippen molar-refractivity contribution in [1.29, 1.82) is 0 Å². The molecule has 8 nitrogen and oxygen atoms in total. The molecular formula is C15H18N4O4S. The van der Waals surface area contributed by atoms with E-state index in [0.29, 0.717) is 22.2 Å². The molecule has 3 atom stereocenters. The van der Waals surface area contributed by atoms with Crippen LogP contribution in [0.15, 0.2) is 24.3 Å². The van der Waals surface area contributed by atoms with Gasteiger partial charge < -0.3 is 20.3 Å². The first-order valence-corrected chi connectivity index (χ1v) is 8.29. The number of urea groups is 1. The Morgan fingerprint density at radius 2 is 2.08 bits per heavy atom. The van der Waals surface area contributed by atoms with Crippen LogP contribution >= 0.6 is 11.3 Å². The third-order valence-corrected chi connectivity index (χ3v) is 4.58. The van der Waals surface area contributed by atoms with Crippen LogP contribution in [-0.2, 0) is 4.74 Å². The zero-order valence-electron chi connectivity index (χ0n) is 13.0. The Morgan fingerprint density at radius 3 is 2.75 bits per heavy atom. The number of ether oxygens (including phenoxy) is 1. The van der Waals surface area contributed by atoms with Crippen molar-refractivity contribution in [3.63, 3.8) is 0 Å². The Labute approximate surface area is 142 Å². The van der Waals surface area contributed by atoms with Gasteiger partial charge in [-0.05, 0) is 19.1 Å². The van der Waals surface area contributed by atoms with Crippen molar-refractivity contribution < 1.29 is 19.7 Å². The molecule has 1 aromatic carbocycles. The molecule has 0 radical (unpaired) electrons. The highest BCUT2D eigenvalue weighted by molar-refractivity contribution is 7.15. The van der Waals surface area contributed by atoms with Crippen LogP contribution in [0.3, 0.4) is 0 Å². The minimum atomic E-state index is -0.731. The molecule has 1 aliphatic heterocycles. The van der Waals surface area contributed by atoms with E-state index in [1.165, 1.54) is 11.3 Å². The normalized spacial score (nSPS) is 23.2. The van der Waals surface area contributed by atoms with Crippen molar-refractivity contribution in [3.05, 3.63) is 34.8 Å². The average molecular weight is 350 g/mol. The topological polar surface area (TPSA) is 117 Å². The number of hydrogen-bond acceptors (Lipinski definition) is 7. The fraction of sp³-hybridized carbons (Fsp3) is 0.400. The molecule has 2 heterocycles. The summed E-state index contributed by atoms with van der Waals surface area (Å²) in [4.78, 5) is 12.0. The predicted molar refractivity (Wildman–Crippen MR) is 89.1 cm³/mol. The standard InChI is InChI=1S/C15H18N4O4S/c1-8-2-4-9(5-3-8)16-14(22)17-15-19-18-13(24-15)11-6-10(21)12(7-20)23-11/h2-5,10-12,20-21H,6-7H2,1H3,(H2,16,17,19,22)/t10-,11-,12+/m0/s1. The van der Waals surface area contributed by atoms with E-state index >= 15 is 0 Å². The fourth-order valence-corrected chi connectivity index (χ4v) is 3.15. The van der Waals surface area contributed by atoms with Gasteiger partial charge in [-0.1, -0.05) is 29.0 Å². The van der Waals surface area contributed by atoms with E-state index in [1.807, 2.05) is 31.2 Å².